The Labute approximate surface area is 116 Å². The predicted molar refractivity (Wildman–Crippen MR) is 72.9 cm³/mol. The van der Waals surface area contributed by atoms with Gasteiger partial charge in [-0.3, -0.25) is 0 Å². The highest BCUT2D eigenvalue weighted by Gasteiger charge is 2.12. The first-order valence-electron chi connectivity index (χ1n) is 6.34. The van der Waals surface area contributed by atoms with Gasteiger partial charge in [0.1, 0.15) is 5.82 Å². The molecule has 0 aliphatic rings. The maximum absolute atomic E-state index is 13.6. The van der Waals surface area contributed by atoms with Crippen molar-refractivity contribution >= 4 is 0 Å². The van der Waals surface area contributed by atoms with Crippen molar-refractivity contribution in [2.45, 2.75) is 26.3 Å². The van der Waals surface area contributed by atoms with Gasteiger partial charge >= 0.3 is 0 Å². The van der Waals surface area contributed by atoms with Crippen molar-refractivity contribution in [2.75, 3.05) is 0 Å². The van der Waals surface area contributed by atoms with Crippen molar-refractivity contribution < 1.29 is 13.2 Å². The zero-order valence-corrected chi connectivity index (χ0v) is 11.4. The lowest BCUT2D eigenvalue weighted by atomic mass is 9.96. The van der Waals surface area contributed by atoms with Crippen LogP contribution in [0.15, 0.2) is 30.3 Å². The molecule has 0 saturated heterocycles. The van der Waals surface area contributed by atoms with E-state index in [2.05, 4.69) is 0 Å². The Bertz CT molecular complexity index is 615. The molecule has 2 N–H and O–H groups in total. The van der Waals surface area contributed by atoms with Crippen molar-refractivity contribution in [1.29, 1.82) is 0 Å². The Balaban J connectivity index is 2.23. The van der Waals surface area contributed by atoms with E-state index < -0.39 is 17.7 Å². The molecule has 0 bridgehead atoms. The van der Waals surface area contributed by atoms with Crippen LogP contribution in [0.3, 0.4) is 0 Å². The molecule has 1 unspecified atom stereocenters. The highest BCUT2D eigenvalue weighted by molar-refractivity contribution is 5.33. The largest absolute Gasteiger partial charge is 0.324 e. The van der Waals surface area contributed by atoms with Crippen molar-refractivity contribution in [2.24, 2.45) is 5.73 Å². The van der Waals surface area contributed by atoms with Crippen LogP contribution in [0.2, 0.25) is 0 Å². The zero-order valence-electron chi connectivity index (χ0n) is 11.4. The summed E-state index contributed by atoms with van der Waals surface area (Å²) in [6.07, 6.45) is 0.363. The average Bonchev–Trinajstić information content (AvgIpc) is 2.39. The molecule has 1 nitrogen and oxygen atoms in total. The van der Waals surface area contributed by atoms with Gasteiger partial charge in [-0.2, -0.15) is 0 Å². The lowest BCUT2D eigenvalue weighted by Crippen LogP contribution is -2.14. The van der Waals surface area contributed by atoms with Crippen molar-refractivity contribution in [3.63, 3.8) is 0 Å². The number of hydrogen-bond donors (Lipinski definition) is 1. The molecule has 0 saturated carbocycles. The molecule has 0 aromatic heterocycles. The lowest BCUT2D eigenvalue weighted by molar-refractivity contribution is 0.506. The van der Waals surface area contributed by atoms with E-state index in [0.29, 0.717) is 23.1 Å². The number of rotatable bonds is 3. The summed E-state index contributed by atoms with van der Waals surface area (Å²) in [5, 5.41) is 0. The van der Waals surface area contributed by atoms with Gasteiger partial charge < -0.3 is 5.73 Å². The van der Waals surface area contributed by atoms with Crippen LogP contribution in [-0.2, 0) is 6.42 Å². The van der Waals surface area contributed by atoms with E-state index in [1.54, 1.807) is 26.0 Å². The molecule has 0 spiro atoms. The Kier molecular flexibility index (Phi) is 4.14. The van der Waals surface area contributed by atoms with Crippen molar-refractivity contribution in [1.82, 2.24) is 0 Å². The summed E-state index contributed by atoms with van der Waals surface area (Å²) < 4.78 is 39.6. The van der Waals surface area contributed by atoms with Crippen LogP contribution in [-0.4, -0.2) is 0 Å². The highest BCUT2D eigenvalue weighted by Crippen LogP contribution is 2.22. The van der Waals surface area contributed by atoms with Crippen molar-refractivity contribution in [3.8, 4) is 0 Å². The van der Waals surface area contributed by atoms with E-state index in [4.69, 9.17) is 5.73 Å². The molecule has 106 valence electrons. The first kappa shape index (κ1) is 14.6. The number of hydrogen-bond acceptors (Lipinski definition) is 1. The molecule has 0 radical (unpaired) electrons. The summed E-state index contributed by atoms with van der Waals surface area (Å²) in [6.45, 7) is 3.35. The van der Waals surface area contributed by atoms with Gasteiger partial charge in [-0.1, -0.05) is 18.2 Å². The van der Waals surface area contributed by atoms with Crippen LogP contribution in [0.25, 0.3) is 0 Å². The lowest BCUT2D eigenvalue weighted by Gasteiger charge is -2.15. The van der Waals surface area contributed by atoms with Gasteiger partial charge in [-0.05, 0) is 54.7 Å². The molecule has 4 heteroatoms. The Morgan fingerprint density at radius 2 is 1.55 bits per heavy atom. The van der Waals surface area contributed by atoms with Crippen molar-refractivity contribution in [3.05, 3.63) is 70.0 Å². The number of nitrogens with two attached hydrogens (primary N) is 1. The van der Waals surface area contributed by atoms with Crippen LogP contribution in [0, 0.1) is 31.3 Å². The quantitative estimate of drug-likeness (QED) is 0.904. The number of halogens is 3. The molecule has 2 aromatic rings. The average molecular weight is 279 g/mol. The summed E-state index contributed by atoms with van der Waals surface area (Å²) in [7, 11) is 0. The van der Waals surface area contributed by atoms with Gasteiger partial charge in [0.2, 0.25) is 0 Å². The smallest absolute Gasteiger partial charge is 0.159 e. The molecule has 0 heterocycles. The summed E-state index contributed by atoms with van der Waals surface area (Å²) in [4.78, 5) is 0. The first-order chi connectivity index (χ1) is 9.38. The Morgan fingerprint density at radius 1 is 0.950 bits per heavy atom. The standard InChI is InChI=1S/C16H16F3N/c1-9-5-12(6-10(2)16(9)19)15(20)8-11-3-4-13(17)14(18)7-11/h3-7,15H,8,20H2,1-2H3. The minimum absolute atomic E-state index is 0.242. The molecular formula is C16H16F3N. The predicted octanol–water partition coefficient (Wildman–Crippen LogP) is 3.96. The fourth-order valence-electron chi connectivity index (χ4n) is 2.23. The zero-order chi connectivity index (χ0) is 14.9. The summed E-state index contributed by atoms with van der Waals surface area (Å²) in [5.74, 6) is -2.01. The van der Waals surface area contributed by atoms with E-state index in [-0.39, 0.29) is 5.82 Å². The normalized spacial score (nSPS) is 12.5. The van der Waals surface area contributed by atoms with E-state index >= 15 is 0 Å². The third kappa shape index (κ3) is 3.02. The van der Waals surface area contributed by atoms with Crippen LogP contribution in [0.4, 0.5) is 13.2 Å². The third-order valence-corrected chi connectivity index (χ3v) is 3.33. The molecule has 0 fully saturated rings. The second-order valence-corrected chi connectivity index (χ2v) is 5.03. The number of aryl methyl sites for hydroxylation is 2. The van der Waals surface area contributed by atoms with Gasteiger partial charge in [0.05, 0.1) is 0 Å². The fourth-order valence-corrected chi connectivity index (χ4v) is 2.23. The molecule has 0 aliphatic carbocycles. The molecule has 0 aliphatic heterocycles. The molecule has 20 heavy (non-hydrogen) atoms. The Morgan fingerprint density at radius 3 is 2.10 bits per heavy atom. The first-order valence-corrected chi connectivity index (χ1v) is 6.34. The van der Waals surface area contributed by atoms with Gasteiger partial charge in [0, 0.05) is 6.04 Å². The van der Waals surface area contributed by atoms with Gasteiger partial charge in [-0.25, -0.2) is 13.2 Å². The van der Waals surface area contributed by atoms with E-state index in [0.717, 1.165) is 17.7 Å². The summed E-state index contributed by atoms with van der Waals surface area (Å²) in [6, 6.07) is 6.70. The van der Waals surface area contributed by atoms with Gasteiger partial charge in [0.15, 0.2) is 11.6 Å². The monoisotopic (exact) mass is 279 g/mol. The third-order valence-electron chi connectivity index (χ3n) is 3.33. The molecular weight excluding hydrogens is 263 g/mol. The minimum Gasteiger partial charge on any atom is -0.324 e. The fraction of sp³-hybridized carbons (Fsp3) is 0.250. The maximum Gasteiger partial charge on any atom is 0.159 e. The molecule has 1 atom stereocenters. The topological polar surface area (TPSA) is 26.0 Å². The molecule has 2 aromatic carbocycles. The second-order valence-electron chi connectivity index (χ2n) is 5.03. The molecule has 2 rings (SSSR count). The highest BCUT2D eigenvalue weighted by atomic mass is 19.2. The van der Waals surface area contributed by atoms with Gasteiger partial charge in [0.25, 0.3) is 0 Å². The van der Waals surface area contributed by atoms with E-state index in [1.165, 1.54) is 6.07 Å². The summed E-state index contributed by atoms with van der Waals surface area (Å²) in [5.41, 5.74) is 8.51. The maximum atomic E-state index is 13.6. The van der Waals surface area contributed by atoms with Crippen LogP contribution >= 0.6 is 0 Å². The van der Waals surface area contributed by atoms with Crippen LogP contribution < -0.4 is 5.73 Å². The van der Waals surface area contributed by atoms with Gasteiger partial charge in [-0.15, -0.1) is 0 Å². The minimum atomic E-state index is -0.888. The van der Waals surface area contributed by atoms with Crippen LogP contribution in [0.1, 0.15) is 28.3 Å². The second kappa shape index (κ2) is 5.67. The Hall–Kier alpha value is -1.81. The van der Waals surface area contributed by atoms with E-state index in [9.17, 15) is 13.2 Å². The number of benzene rings is 2. The summed E-state index contributed by atoms with van der Waals surface area (Å²) >= 11 is 0. The SMILES string of the molecule is Cc1cc(C(N)Cc2ccc(F)c(F)c2)cc(C)c1F. The molecule has 0 amide bonds. The van der Waals surface area contributed by atoms with Crippen LogP contribution in [0.5, 0.6) is 0 Å². The van der Waals surface area contributed by atoms with E-state index in [1.807, 2.05) is 0 Å².